The van der Waals surface area contributed by atoms with Crippen molar-refractivity contribution in [1.29, 1.82) is 0 Å². The van der Waals surface area contributed by atoms with Gasteiger partial charge in [-0.3, -0.25) is 9.36 Å². The van der Waals surface area contributed by atoms with Gasteiger partial charge < -0.3 is 4.90 Å². The molecule has 2 heterocycles. The van der Waals surface area contributed by atoms with E-state index in [9.17, 15) is 9.18 Å². The van der Waals surface area contributed by atoms with Crippen LogP contribution in [-0.2, 0) is 17.9 Å². The molecule has 5 nitrogen and oxygen atoms in total. The highest BCUT2D eigenvalue weighted by molar-refractivity contribution is 7.99. The highest BCUT2D eigenvalue weighted by Crippen LogP contribution is 2.28. The molecule has 2 aromatic heterocycles. The van der Waals surface area contributed by atoms with E-state index in [4.69, 9.17) is 11.6 Å². The minimum absolute atomic E-state index is 0.0993. The third-order valence-corrected chi connectivity index (χ3v) is 7.02. The number of aromatic nitrogens is 3. The predicted octanol–water partition coefficient (Wildman–Crippen LogP) is 5.60. The van der Waals surface area contributed by atoms with Gasteiger partial charge in [-0.2, -0.15) is 0 Å². The highest BCUT2D eigenvalue weighted by Gasteiger charge is 2.19. The monoisotopic (exact) mass is 486 g/mol. The molecule has 0 radical (unpaired) electrons. The summed E-state index contributed by atoms with van der Waals surface area (Å²) >= 11 is 9.00. The number of thioether (sulfide) groups is 1. The number of rotatable bonds is 8. The Labute approximate surface area is 198 Å². The lowest BCUT2D eigenvalue weighted by atomic mass is 10.2. The minimum atomic E-state index is -0.423. The molecular weight excluding hydrogens is 467 g/mol. The Morgan fingerprint density at radius 1 is 1.12 bits per heavy atom. The van der Waals surface area contributed by atoms with Crippen molar-refractivity contribution in [2.24, 2.45) is 0 Å². The number of hydrogen-bond acceptors (Lipinski definition) is 5. The van der Waals surface area contributed by atoms with Crippen molar-refractivity contribution < 1.29 is 9.18 Å². The summed E-state index contributed by atoms with van der Waals surface area (Å²) in [5, 5.41) is 11.7. The van der Waals surface area contributed by atoms with E-state index in [1.807, 2.05) is 52.4 Å². The molecule has 0 atom stereocenters. The highest BCUT2D eigenvalue weighted by atomic mass is 35.5. The van der Waals surface area contributed by atoms with E-state index < -0.39 is 5.82 Å². The van der Waals surface area contributed by atoms with Gasteiger partial charge in [-0.05, 0) is 29.1 Å². The topological polar surface area (TPSA) is 51.0 Å². The van der Waals surface area contributed by atoms with Crippen LogP contribution in [0.5, 0.6) is 0 Å². The van der Waals surface area contributed by atoms with E-state index in [1.54, 1.807) is 30.5 Å². The largest absolute Gasteiger partial charge is 0.341 e. The van der Waals surface area contributed by atoms with Crippen LogP contribution in [0.1, 0.15) is 11.1 Å². The summed E-state index contributed by atoms with van der Waals surface area (Å²) in [7, 11) is 1.64. The molecule has 2 aromatic carbocycles. The second-order valence-corrected chi connectivity index (χ2v) is 9.39. The predicted molar refractivity (Wildman–Crippen MR) is 127 cm³/mol. The molecule has 0 aliphatic carbocycles. The van der Waals surface area contributed by atoms with Gasteiger partial charge in [0.05, 0.1) is 17.2 Å². The first-order valence-electron chi connectivity index (χ1n) is 9.83. The fraction of sp³-hybridized carbons (Fsp3) is 0.174. The maximum absolute atomic E-state index is 14.1. The standard InChI is InChI=1S/C23H20ClFN4OS2/c1-28(14-17-18(24)9-5-10-19(17)25)21(30)15-32-23-27-26-22(20-11-6-12-31-20)29(23)13-16-7-3-2-4-8-16/h2-12H,13-15H2,1H3. The van der Waals surface area contributed by atoms with Gasteiger partial charge in [0.2, 0.25) is 5.91 Å². The van der Waals surface area contributed by atoms with Crippen molar-refractivity contribution in [3.63, 3.8) is 0 Å². The summed E-state index contributed by atoms with van der Waals surface area (Å²) in [6.45, 7) is 0.695. The van der Waals surface area contributed by atoms with Gasteiger partial charge >= 0.3 is 0 Å². The van der Waals surface area contributed by atoms with Gasteiger partial charge in [-0.15, -0.1) is 21.5 Å². The first-order chi connectivity index (χ1) is 15.5. The van der Waals surface area contributed by atoms with E-state index in [-0.39, 0.29) is 18.2 Å². The third kappa shape index (κ3) is 5.20. The van der Waals surface area contributed by atoms with Crippen molar-refractivity contribution in [3.8, 4) is 10.7 Å². The second-order valence-electron chi connectivity index (χ2n) is 7.09. The summed E-state index contributed by atoms with van der Waals surface area (Å²) in [6.07, 6.45) is 0. The molecule has 4 aromatic rings. The van der Waals surface area contributed by atoms with E-state index in [0.29, 0.717) is 22.3 Å². The molecule has 0 aliphatic rings. The van der Waals surface area contributed by atoms with Crippen LogP contribution < -0.4 is 0 Å². The smallest absolute Gasteiger partial charge is 0.233 e. The zero-order valence-electron chi connectivity index (χ0n) is 17.2. The number of hydrogen-bond donors (Lipinski definition) is 0. The van der Waals surface area contributed by atoms with Crippen molar-refractivity contribution in [2.75, 3.05) is 12.8 Å². The number of carbonyl (C=O) groups is 1. The van der Waals surface area contributed by atoms with E-state index in [1.165, 1.54) is 22.7 Å². The van der Waals surface area contributed by atoms with Gasteiger partial charge in [0.15, 0.2) is 11.0 Å². The Morgan fingerprint density at radius 2 is 1.94 bits per heavy atom. The molecule has 4 rings (SSSR count). The fourth-order valence-corrected chi connectivity index (χ4v) is 4.96. The maximum Gasteiger partial charge on any atom is 0.233 e. The normalized spacial score (nSPS) is 11.0. The molecule has 0 bridgehead atoms. The molecule has 0 aliphatic heterocycles. The van der Waals surface area contributed by atoms with Crippen LogP contribution in [0.3, 0.4) is 0 Å². The summed E-state index contributed by atoms with van der Waals surface area (Å²) in [5.41, 5.74) is 1.42. The molecule has 0 unspecified atom stereocenters. The van der Waals surface area contributed by atoms with Gasteiger partial charge in [-0.25, -0.2) is 4.39 Å². The summed E-state index contributed by atoms with van der Waals surface area (Å²) in [4.78, 5) is 15.2. The van der Waals surface area contributed by atoms with E-state index in [0.717, 1.165) is 16.3 Å². The lowest BCUT2D eigenvalue weighted by Crippen LogP contribution is -2.28. The van der Waals surface area contributed by atoms with Gasteiger partial charge in [-0.1, -0.05) is 65.8 Å². The van der Waals surface area contributed by atoms with Crippen LogP contribution in [0.2, 0.25) is 5.02 Å². The summed E-state index contributed by atoms with van der Waals surface area (Å²) < 4.78 is 16.1. The van der Waals surface area contributed by atoms with Crippen LogP contribution in [-0.4, -0.2) is 38.4 Å². The van der Waals surface area contributed by atoms with Crippen molar-refractivity contribution in [2.45, 2.75) is 18.2 Å². The molecule has 0 N–H and O–H groups in total. The van der Waals surface area contributed by atoms with E-state index >= 15 is 0 Å². The van der Waals surface area contributed by atoms with Gasteiger partial charge in [0, 0.05) is 24.2 Å². The zero-order chi connectivity index (χ0) is 22.5. The van der Waals surface area contributed by atoms with Gasteiger partial charge in [0.1, 0.15) is 5.82 Å². The molecule has 0 fully saturated rings. The number of halogens is 2. The molecule has 32 heavy (non-hydrogen) atoms. The summed E-state index contributed by atoms with van der Waals surface area (Å²) in [6, 6.07) is 18.5. The average molecular weight is 487 g/mol. The lowest BCUT2D eigenvalue weighted by molar-refractivity contribution is -0.127. The number of carbonyl (C=O) groups excluding carboxylic acids is 1. The van der Waals surface area contributed by atoms with Gasteiger partial charge in [0.25, 0.3) is 0 Å². The van der Waals surface area contributed by atoms with Crippen LogP contribution >= 0.6 is 34.7 Å². The van der Waals surface area contributed by atoms with E-state index in [2.05, 4.69) is 10.2 Å². The van der Waals surface area contributed by atoms with Crippen LogP contribution in [0.4, 0.5) is 4.39 Å². The number of benzene rings is 2. The molecule has 1 amide bonds. The Balaban J connectivity index is 1.49. The zero-order valence-corrected chi connectivity index (χ0v) is 19.6. The van der Waals surface area contributed by atoms with Crippen LogP contribution in [0.15, 0.2) is 71.2 Å². The SMILES string of the molecule is CN(Cc1c(F)cccc1Cl)C(=O)CSc1nnc(-c2cccs2)n1Cc1ccccc1. The Morgan fingerprint density at radius 3 is 2.66 bits per heavy atom. The average Bonchev–Trinajstić information content (AvgIpc) is 3.45. The molecule has 0 spiro atoms. The Bertz CT molecular complexity index is 1180. The lowest BCUT2D eigenvalue weighted by Gasteiger charge is -2.18. The van der Waals surface area contributed by atoms with Crippen LogP contribution in [0.25, 0.3) is 10.7 Å². The number of nitrogens with zero attached hydrogens (tertiary/aromatic N) is 4. The first kappa shape index (κ1) is 22.5. The molecular formula is C23H20ClFN4OS2. The molecule has 0 saturated carbocycles. The number of thiophene rings is 1. The third-order valence-electron chi connectivity index (χ3n) is 4.85. The second kappa shape index (κ2) is 10.3. The molecule has 164 valence electrons. The maximum atomic E-state index is 14.1. The first-order valence-corrected chi connectivity index (χ1v) is 12.1. The Kier molecular flexibility index (Phi) is 7.24. The minimum Gasteiger partial charge on any atom is -0.341 e. The number of amides is 1. The molecule has 0 saturated heterocycles. The molecule has 9 heteroatoms. The van der Waals surface area contributed by atoms with Crippen LogP contribution in [0, 0.1) is 5.82 Å². The Hall–Kier alpha value is -2.68. The van der Waals surface area contributed by atoms with Crippen molar-refractivity contribution in [3.05, 3.63) is 88.0 Å². The van der Waals surface area contributed by atoms with Crippen molar-refractivity contribution >= 4 is 40.6 Å². The fourth-order valence-electron chi connectivity index (χ4n) is 3.14. The summed E-state index contributed by atoms with van der Waals surface area (Å²) in [5.74, 6) is 0.347. The van der Waals surface area contributed by atoms with Crippen molar-refractivity contribution in [1.82, 2.24) is 19.7 Å². The quantitative estimate of drug-likeness (QED) is 0.304.